The zero-order valence-corrected chi connectivity index (χ0v) is 13.1. The summed E-state index contributed by atoms with van der Waals surface area (Å²) in [6, 6.07) is -0.192. The number of carboxylic acid groups (broad SMARTS) is 1. The predicted molar refractivity (Wildman–Crippen MR) is 78.2 cm³/mol. The molecular formula is C14H24N4O4. The Morgan fingerprint density at radius 3 is 2.95 bits per heavy atom. The smallest absolute Gasteiger partial charge is 0.317 e. The molecule has 124 valence electrons. The van der Waals surface area contributed by atoms with E-state index in [1.807, 2.05) is 4.90 Å². The number of likely N-dealkylation sites (tertiary alicyclic amines) is 1. The number of hydrogen-bond donors (Lipinski definition) is 2. The number of rotatable bonds is 8. The average molecular weight is 312 g/mol. The number of hydrogen-bond acceptors (Lipinski definition) is 7. The number of aliphatic hydroxyl groups excluding tert-OH is 1. The molecule has 0 bridgehead atoms. The van der Waals surface area contributed by atoms with Crippen molar-refractivity contribution in [3.05, 3.63) is 11.7 Å². The second-order valence-electron chi connectivity index (χ2n) is 5.85. The Hall–Kier alpha value is -1.51. The molecule has 1 aliphatic rings. The van der Waals surface area contributed by atoms with Gasteiger partial charge in [-0.3, -0.25) is 14.6 Å². The van der Waals surface area contributed by atoms with Crippen molar-refractivity contribution in [2.75, 3.05) is 26.7 Å². The number of aliphatic carboxylic acids is 1. The van der Waals surface area contributed by atoms with Gasteiger partial charge < -0.3 is 14.7 Å². The third-order valence-electron chi connectivity index (χ3n) is 3.90. The number of carboxylic acids is 1. The summed E-state index contributed by atoms with van der Waals surface area (Å²) in [4.78, 5) is 18.8. The maximum absolute atomic E-state index is 10.8. The van der Waals surface area contributed by atoms with Crippen molar-refractivity contribution in [2.45, 2.75) is 44.9 Å². The van der Waals surface area contributed by atoms with Gasteiger partial charge in [-0.15, -0.1) is 0 Å². The quantitative estimate of drug-likeness (QED) is 0.690. The monoisotopic (exact) mass is 312 g/mol. The molecule has 1 aromatic heterocycles. The van der Waals surface area contributed by atoms with Gasteiger partial charge in [-0.2, -0.15) is 4.98 Å². The van der Waals surface area contributed by atoms with Gasteiger partial charge in [0.05, 0.1) is 19.2 Å². The first-order chi connectivity index (χ1) is 10.5. The standard InChI is InChI=1S/C14H24N4O4/c1-3-4-5-13-15-12(16-22-13)8-18-6-10(11(19)7-18)17(2)9-14(20)21/h10-11,19H,3-9H2,1-2H3,(H,20,21)/t10?,11-/m1/s1. The van der Waals surface area contributed by atoms with Crippen LogP contribution >= 0.6 is 0 Å². The minimum Gasteiger partial charge on any atom is -0.480 e. The van der Waals surface area contributed by atoms with Crippen LogP contribution in [0.1, 0.15) is 31.5 Å². The molecule has 0 aromatic carbocycles. The first-order valence-corrected chi connectivity index (χ1v) is 7.63. The number of β-amino-alcohol motifs (C(OH)–C–C–N with tert-alkyl or cyclic N) is 1. The van der Waals surface area contributed by atoms with Crippen molar-refractivity contribution in [2.24, 2.45) is 0 Å². The van der Waals surface area contributed by atoms with Gasteiger partial charge in [0, 0.05) is 25.6 Å². The van der Waals surface area contributed by atoms with E-state index >= 15 is 0 Å². The van der Waals surface area contributed by atoms with Gasteiger partial charge in [-0.05, 0) is 13.5 Å². The molecule has 22 heavy (non-hydrogen) atoms. The molecule has 1 aliphatic heterocycles. The van der Waals surface area contributed by atoms with E-state index in [4.69, 9.17) is 9.63 Å². The van der Waals surface area contributed by atoms with Crippen molar-refractivity contribution >= 4 is 5.97 Å². The second-order valence-corrected chi connectivity index (χ2v) is 5.85. The maximum atomic E-state index is 10.8. The average Bonchev–Trinajstić information content (AvgIpc) is 3.03. The topological polar surface area (TPSA) is 103 Å². The molecule has 2 atom stereocenters. The van der Waals surface area contributed by atoms with Crippen LogP contribution in [0, 0.1) is 0 Å². The van der Waals surface area contributed by atoms with E-state index in [1.54, 1.807) is 11.9 Å². The second kappa shape index (κ2) is 7.66. The highest BCUT2D eigenvalue weighted by Crippen LogP contribution is 2.17. The zero-order valence-electron chi connectivity index (χ0n) is 13.1. The van der Waals surface area contributed by atoms with E-state index in [-0.39, 0.29) is 12.6 Å². The van der Waals surface area contributed by atoms with Crippen LogP contribution in [-0.2, 0) is 17.8 Å². The minimum absolute atomic E-state index is 0.0844. The van der Waals surface area contributed by atoms with Crippen LogP contribution in [0.5, 0.6) is 0 Å². The van der Waals surface area contributed by atoms with E-state index in [0.29, 0.717) is 31.3 Å². The van der Waals surface area contributed by atoms with Gasteiger partial charge in [0.1, 0.15) is 0 Å². The van der Waals surface area contributed by atoms with E-state index in [9.17, 15) is 9.90 Å². The Morgan fingerprint density at radius 1 is 1.50 bits per heavy atom. The molecule has 1 saturated heterocycles. The number of unbranched alkanes of at least 4 members (excludes halogenated alkanes) is 1. The number of carbonyl (C=O) groups is 1. The van der Waals surface area contributed by atoms with Gasteiger partial charge in [0.2, 0.25) is 5.89 Å². The largest absolute Gasteiger partial charge is 0.480 e. The van der Waals surface area contributed by atoms with E-state index < -0.39 is 12.1 Å². The first-order valence-electron chi connectivity index (χ1n) is 7.63. The van der Waals surface area contributed by atoms with Crippen LogP contribution in [0.25, 0.3) is 0 Å². The lowest BCUT2D eigenvalue weighted by molar-refractivity contribution is -0.138. The lowest BCUT2D eigenvalue weighted by Gasteiger charge is -2.24. The van der Waals surface area contributed by atoms with Crippen molar-refractivity contribution < 1.29 is 19.5 Å². The van der Waals surface area contributed by atoms with Gasteiger partial charge in [-0.25, -0.2) is 0 Å². The maximum Gasteiger partial charge on any atom is 0.317 e. The highest BCUT2D eigenvalue weighted by molar-refractivity contribution is 5.69. The first kappa shape index (κ1) is 16.9. The molecule has 0 saturated carbocycles. The summed E-state index contributed by atoms with van der Waals surface area (Å²) in [6.45, 7) is 3.59. The Bertz CT molecular complexity index is 493. The summed E-state index contributed by atoms with van der Waals surface area (Å²) in [5.41, 5.74) is 0. The SMILES string of the molecule is CCCCc1nc(CN2CC(N(C)CC(=O)O)[C@H](O)C2)no1. The molecule has 8 heteroatoms. The number of aliphatic hydroxyl groups is 1. The van der Waals surface area contributed by atoms with Crippen molar-refractivity contribution in [1.29, 1.82) is 0 Å². The molecule has 1 unspecified atom stereocenters. The summed E-state index contributed by atoms with van der Waals surface area (Å²) in [5, 5.41) is 22.9. The number of aromatic nitrogens is 2. The highest BCUT2D eigenvalue weighted by atomic mass is 16.5. The molecule has 0 amide bonds. The minimum atomic E-state index is -0.896. The van der Waals surface area contributed by atoms with Crippen molar-refractivity contribution in [1.82, 2.24) is 19.9 Å². The van der Waals surface area contributed by atoms with Crippen LogP contribution in [0.2, 0.25) is 0 Å². The lowest BCUT2D eigenvalue weighted by Crippen LogP contribution is -2.43. The van der Waals surface area contributed by atoms with Crippen LogP contribution in [0.15, 0.2) is 4.52 Å². The normalized spacial score (nSPS) is 22.5. The Balaban J connectivity index is 1.86. The summed E-state index contributed by atoms with van der Waals surface area (Å²) in [6.07, 6.45) is 2.31. The molecule has 0 radical (unpaired) electrons. The fraction of sp³-hybridized carbons (Fsp3) is 0.786. The summed E-state index contributed by atoms with van der Waals surface area (Å²) < 4.78 is 5.19. The van der Waals surface area contributed by atoms with Gasteiger partial charge in [0.25, 0.3) is 0 Å². The van der Waals surface area contributed by atoms with Crippen LogP contribution in [-0.4, -0.2) is 75.0 Å². The molecule has 1 fully saturated rings. The highest BCUT2D eigenvalue weighted by Gasteiger charge is 2.35. The Morgan fingerprint density at radius 2 is 2.27 bits per heavy atom. The molecule has 0 aliphatic carbocycles. The molecule has 2 rings (SSSR count). The molecule has 2 heterocycles. The third kappa shape index (κ3) is 4.49. The van der Waals surface area contributed by atoms with Crippen molar-refractivity contribution in [3.63, 3.8) is 0 Å². The van der Waals surface area contributed by atoms with Crippen LogP contribution in [0.4, 0.5) is 0 Å². The van der Waals surface area contributed by atoms with E-state index in [1.165, 1.54) is 0 Å². The van der Waals surface area contributed by atoms with E-state index in [2.05, 4.69) is 17.1 Å². The van der Waals surface area contributed by atoms with Gasteiger partial charge in [0.15, 0.2) is 5.82 Å². The van der Waals surface area contributed by atoms with Gasteiger partial charge >= 0.3 is 5.97 Å². The number of aryl methyl sites for hydroxylation is 1. The number of nitrogens with zero attached hydrogens (tertiary/aromatic N) is 4. The molecule has 2 N–H and O–H groups in total. The summed E-state index contributed by atoms with van der Waals surface area (Å²) >= 11 is 0. The van der Waals surface area contributed by atoms with Gasteiger partial charge in [-0.1, -0.05) is 18.5 Å². The summed E-state index contributed by atoms with van der Waals surface area (Å²) in [5.74, 6) is 0.364. The Labute approximate surface area is 129 Å². The predicted octanol–water partition coefficient (Wildman–Crippen LogP) is -0.0263. The fourth-order valence-corrected chi connectivity index (χ4v) is 2.72. The molecule has 8 nitrogen and oxygen atoms in total. The molecular weight excluding hydrogens is 288 g/mol. The lowest BCUT2D eigenvalue weighted by atomic mass is 10.2. The fourth-order valence-electron chi connectivity index (χ4n) is 2.72. The Kier molecular flexibility index (Phi) is 5.87. The number of likely N-dealkylation sites (N-methyl/N-ethyl adjacent to an activating group) is 1. The van der Waals surface area contributed by atoms with Crippen molar-refractivity contribution in [3.8, 4) is 0 Å². The summed E-state index contributed by atoms with van der Waals surface area (Å²) in [7, 11) is 1.71. The molecule has 1 aromatic rings. The van der Waals surface area contributed by atoms with Crippen LogP contribution < -0.4 is 0 Å². The zero-order chi connectivity index (χ0) is 16.1. The molecule has 0 spiro atoms. The van der Waals surface area contributed by atoms with Crippen LogP contribution in [0.3, 0.4) is 0 Å². The van der Waals surface area contributed by atoms with E-state index in [0.717, 1.165) is 19.3 Å². The third-order valence-corrected chi connectivity index (χ3v) is 3.90.